The summed E-state index contributed by atoms with van der Waals surface area (Å²) in [6.45, 7) is 0.582. The van der Waals surface area contributed by atoms with Crippen LogP contribution >= 0.6 is 0 Å². The van der Waals surface area contributed by atoms with Crippen LogP contribution in [-0.4, -0.2) is 30.2 Å². The monoisotopic (exact) mass is 269 g/mol. The fourth-order valence-electron chi connectivity index (χ4n) is 1.53. The number of aromatic amines is 1. The topological polar surface area (TPSA) is 91.8 Å². The molecule has 0 aliphatic rings. The lowest BCUT2D eigenvalue weighted by Crippen LogP contribution is -2.13. The van der Waals surface area contributed by atoms with E-state index in [1.807, 2.05) is 0 Å². The molecule has 0 spiro atoms. The van der Waals surface area contributed by atoms with Gasteiger partial charge in [0.15, 0.2) is 5.82 Å². The molecule has 2 aromatic rings. The highest BCUT2D eigenvalue weighted by molar-refractivity contribution is 7.92. The maximum Gasteiger partial charge on any atom is 0.264 e. The van der Waals surface area contributed by atoms with E-state index in [1.165, 1.54) is 10.9 Å². The van der Waals surface area contributed by atoms with Crippen LogP contribution in [0.25, 0.3) is 0 Å². The quantitative estimate of drug-likeness (QED) is 0.726. The largest absolute Gasteiger partial charge is 0.363 e. The number of H-pyrrole nitrogens is 1. The fraction of sp³-hybridized carbons (Fsp3) is 0.300. The van der Waals surface area contributed by atoms with E-state index in [-0.39, 0.29) is 4.90 Å². The van der Waals surface area contributed by atoms with Crippen LogP contribution in [0, 0.1) is 0 Å². The lowest BCUT2D eigenvalue weighted by Gasteiger charge is -2.02. The van der Waals surface area contributed by atoms with E-state index in [0.29, 0.717) is 12.4 Å². The summed E-state index contributed by atoms with van der Waals surface area (Å²) in [5.74, 6) is 0.300. The Morgan fingerprint density at radius 1 is 1.50 bits per heavy atom. The van der Waals surface area contributed by atoms with Gasteiger partial charge in [0, 0.05) is 37.7 Å². The van der Waals surface area contributed by atoms with Gasteiger partial charge in [-0.05, 0) is 13.1 Å². The average molecular weight is 269 g/mol. The zero-order chi connectivity index (χ0) is 13.2. The molecule has 2 heterocycles. The highest BCUT2D eigenvalue weighted by atomic mass is 32.2. The van der Waals surface area contributed by atoms with Crippen LogP contribution in [0.15, 0.2) is 29.4 Å². The fourth-order valence-corrected chi connectivity index (χ4v) is 2.55. The lowest BCUT2D eigenvalue weighted by molar-refractivity contribution is 0.601. The molecule has 0 fully saturated rings. The van der Waals surface area contributed by atoms with Gasteiger partial charge >= 0.3 is 0 Å². The molecule has 0 aliphatic carbocycles. The zero-order valence-corrected chi connectivity index (χ0v) is 11.0. The Labute approximate surface area is 105 Å². The van der Waals surface area contributed by atoms with Crippen LogP contribution in [-0.2, 0) is 23.6 Å². The van der Waals surface area contributed by atoms with Gasteiger partial charge in [-0.25, -0.2) is 8.42 Å². The van der Waals surface area contributed by atoms with Crippen LogP contribution < -0.4 is 10.0 Å². The third kappa shape index (κ3) is 2.71. The van der Waals surface area contributed by atoms with Gasteiger partial charge in [-0.3, -0.25) is 9.40 Å². The van der Waals surface area contributed by atoms with Gasteiger partial charge in [-0.1, -0.05) is 0 Å². The maximum absolute atomic E-state index is 12.0. The van der Waals surface area contributed by atoms with Crippen molar-refractivity contribution in [2.45, 2.75) is 11.4 Å². The number of sulfonamides is 1. The summed E-state index contributed by atoms with van der Waals surface area (Å²) >= 11 is 0. The number of anilines is 1. The molecule has 2 aromatic heterocycles. The second kappa shape index (κ2) is 4.83. The van der Waals surface area contributed by atoms with Gasteiger partial charge < -0.3 is 10.3 Å². The van der Waals surface area contributed by atoms with Gasteiger partial charge in [0.2, 0.25) is 0 Å². The van der Waals surface area contributed by atoms with E-state index in [4.69, 9.17) is 0 Å². The van der Waals surface area contributed by atoms with Gasteiger partial charge in [-0.2, -0.15) is 5.10 Å². The van der Waals surface area contributed by atoms with Crippen molar-refractivity contribution in [3.05, 3.63) is 30.2 Å². The Bertz CT molecular complexity index is 628. The summed E-state index contributed by atoms with van der Waals surface area (Å²) in [6, 6.07) is 3.18. The number of hydrogen-bond acceptors (Lipinski definition) is 4. The molecule has 0 bridgehead atoms. The SMILES string of the molecule is CNCc1cc(S(=O)(=O)Nc2ccn(C)n2)c[nH]1. The molecule has 18 heavy (non-hydrogen) atoms. The maximum atomic E-state index is 12.0. The van der Waals surface area contributed by atoms with Crippen molar-refractivity contribution in [2.24, 2.45) is 7.05 Å². The molecule has 7 nitrogen and oxygen atoms in total. The van der Waals surface area contributed by atoms with Crippen LogP contribution in [0.1, 0.15) is 5.69 Å². The first-order valence-electron chi connectivity index (χ1n) is 5.35. The summed E-state index contributed by atoms with van der Waals surface area (Å²) in [4.78, 5) is 3.09. The minimum atomic E-state index is -3.58. The summed E-state index contributed by atoms with van der Waals surface area (Å²) in [7, 11) is -0.0682. The van der Waals surface area contributed by atoms with Crippen LogP contribution in [0.3, 0.4) is 0 Å². The van der Waals surface area contributed by atoms with Gasteiger partial charge in [0.05, 0.1) is 0 Å². The molecular formula is C10H15N5O2S. The molecule has 0 saturated heterocycles. The van der Waals surface area contributed by atoms with E-state index >= 15 is 0 Å². The number of rotatable bonds is 5. The second-order valence-electron chi connectivity index (χ2n) is 3.87. The van der Waals surface area contributed by atoms with Crippen molar-refractivity contribution < 1.29 is 8.42 Å². The molecule has 0 saturated carbocycles. The Morgan fingerprint density at radius 3 is 2.89 bits per heavy atom. The van der Waals surface area contributed by atoms with E-state index < -0.39 is 10.0 Å². The van der Waals surface area contributed by atoms with Crippen molar-refractivity contribution in [3.63, 3.8) is 0 Å². The molecule has 0 aromatic carbocycles. The smallest absolute Gasteiger partial charge is 0.264 e. The predicted octanol–water partition coefficient (Wildman–Crippen LogP) is 0.268. The third-order valence-corrected chi connectivity index (χ3v) is 3.68. The Hall–Kier alpha value is -1.80. The number of nitrogens with zero attached hydrogens (tertiary/aromatic N) is 2. The Balaban J connectivity index is 2.19. The van der Waals surface area contributed by atoms with Gasteiger partial charge in [-0.15, -0.1) is 0 Å². The average Bonchev–Trinajstić information content (AvgIpc) is 2.88. The highest BCUT2D eigenvalue weighted by Gasteiger charge is 2.17. The molecule has 0 unspecified atom stereocenters. The molecule has 8 heteroatoms. The Morgan fingerprint density at radius 2 is 2.28 bits per heavy atom. The summed E-state index contributed by atoms with van der Waals surface area (Å²) < 4.78 is 28.0. The minimum Gasteiger partial charge on any atom is -0.363 e. The summed E-state index contributed by atoms with van der Waals surface area (Å²) in [5.41, 5.74) is 0.805. The first kappa shape index (κ1) is 12.7. The molecule has 0 aliphatic heterocycles. The Kier molecular flexibility index (Phi) is 3.39. The molecule has 0 radical (unpaired) electrons. The number of nitrogens with one attached hydrogen (secondary N) is 3. The van der Waals surface area contributed by atoms with Crippen molar-refractivity contribution >= 4 is 15.8 Å². The van der Waals surface area contributed by atoms with Crippen molar-refractivity contribution in [1.29, 1.82) is 0 Å². The van der Waals surface area contributed by atoms with Crippen LogP contribution in [0.4, 0.5) is 5.82 Å². The number of aromatic nitrogens is 3. The molecule has 0 atom stereocenters. The molecule has 0 amide bonds. The minimum absolute atomic E-state index is 0.193. The van der Waals surface area contributed by atoms with E-state index in [0.717, 1.165) is 5.69 Å². The first-order chi connectivity index (χ1) is 8.51. The standard InChI is InChI=1S/C10H15N5O2S/c1-11-6-8-5-9(7-12-8)18(16,17)14-10-3-4-15(2)13-10/h3-5,7,11-12H,6H2,1-2H3,(H,13,14). The molecular weight excluding hydrogens is 254 g/mol. The van der Waals surface area contributed by atoms with E-state index in [9.17, 15) is 8.42 Å². The third-order valence-electron chi connectivity index (χ3n) is 2.35. The van der Waals surface area contributed by atoms with Crippen molar-refractivity contribution in [1.82, 2.24) is 20.1 Å². The molecule has 2 rings (SSSR count). The zero-order valence-electron chi connectivity index (χ0n) is 10.1. The van der Waals surface area contributed by atoms with E-state index in [1.54, 1.807) is 32.4 Å². The first-order valence-corrected chi connectivity index (χ1v) is 6.84. The summed E-state index contributed by atoms with van der Waals surface area (Å²) in [5, 5.41) is 6.91. The number of hydrogen-bond donors (Lipinski definition) is 3. The lowest BCUT2D eigenvalue weighted by atomic mass is 10.4. The summed E-state index contributed by atoms with van der Waals surface area (Å²) in [6.07, 6.45) is 3.12. The van der Waals surface area contributed by atoms with Crippen molar-refractivity contribution in [3.8, 4) is 0 Å². The van der Waals surface area contributed by atoms with Crippen LogP contribution in [0.5, 0.6) is 0 Å². The van der Waals surface area contributed by atoms with Crippen molar-refractivity contribution in [2.75, 3.05) is 11.8 Å². The van der Waals surface area contributed by atoms with Gasteiger partial charge in [0.1, 0.15) is 4.90 Å². The van der Waals surface area contributed by atoms with Crippen LogP contribution in [0.2, 0.25) is 0 Å². The van der Waals surface area contributed by atoms with Gasteiger partial charge in [0.25, 0.3) is 10.0 Å². The molecule has 98 valence electrons. The predicted molar refractivity (Wildman–Crippen MR) is 67.6 cm³/mol. The van der Waals surface area contributed by atoms with E-state index in [2.05, 4.69) is 20.1 Å². The number of aryl methyl sites for hydroxylation is 1. The normalized spacial score (nSPS) is 11.7. The second-order valence-corrected chi connectivity index (χ2v) is 5.55. The molecule has 3 N–H and O–H groups in total. The highest BCUT2D eigenvalue weighted by Crippen LogP contribution is 2.15.